The van der Waals surface area contributed by atoms with E-state index in [1.807, 2.05) is 42.5 Å². The molecule has 0 unspecified atom stereocenters. The molecular formula is C28H24N4O6. The fourth-order valence-electron chi connectivity index (χ4n) is 3.61. The predicted molar refractivity (Wildman–Crippen MR) is 144 cm³/mol. The normalized spacial score (nSPS) is 10.8. The summed E-state index contributed by atoms with van der Waals surface area (Å²) in [6, 6.07) is 23.6. The van der Waals surface area contributed by atoms with Gasteiger partial charge >= 0.3 is 5.97 Å². The summed E-state index contributed by atoms with van der Waals surface area (Å²) in [5.74, 6) is -0.535. The average Bonchev–Trinajstić information content (AvgIpc) is 2.93. The topological polar surface area (TPSA) is 132 Å². The number of nitrogens with one attached hydrogen (secondary N) is 2. The smallest absolute Gasteiger partial charge is 0.343 e. The molecular weight excluding hydrogens is 488 g/mol. The van der Waals surface area contributed by atoms with Gasteiger partial charge in [0.1, 0.15) is 0 Å². The van der Waals surface area contributed by atoms with Crippen molar-refractivity contribution in [3.8, 4) is 11.5 Å². The number of esters is 1. The molecule has 0 spiro atoms. The Morgan fingerprint density at radius 2 is 1.74 bits per heavy atom. The summed E-state index contributed by atoms with van der Waals surface area (Å²) in [7, 11) is 0. The molecule has 4 aromatic carbocycles. The summed E-state index contributed by atoms with van der Waals surface area (Å²) >= 11 is 0. The maximum absolute atomic E-state index is 12.5. The Labute approximate surface area is 218 Å². The fraction of sp³-hybridized carbons (Fsp3) is 0.107. The highest BCUT2D eigenvalue weighted by atomic mass is 16.6. The summed E-state index contributed by atoms with van der Waals surface area (Å²) in [5, 5.41) is 20.0. The number of nitrogens with zero attached hydrogens (tertiary/aromatic N) is 2. The maximum Gasteiger partial charge on any atom is 0.343 e. The van der Waals surface area contributed by atoms with Gasteiger partial charge in [0.25, 0.3) is 11.6 Å². The maximum atomic E-state index is 12.5. The number of non-ortho nitro benzene ring substituents is 1. The standard InChI is InChI=1S/C28H24N4O6/c1-2-37-26-16-19(10-15-25(26)38-28(34)21-11-13-22(14-12-21)32(35)36)17-30-31-27(33)18-29-24-9-5-7-20-6-3-4-8-23(20)24/h3-17,29H,2,18H2,1H3,(H,31,33)/b30-17-. The van der Waals surface area contributed by atoms with Gasteiger partial charge in [-0.25, -0.2) is 10.2 Å². The summed E-state index contributed by atoms with van der Waals surface area (Å²) in [6.07, 6.45) is 1.44. The summed E-state index contributed by atoms with van der Waals surface area (Å²) in [5.41, 5.74) is 3.96. The van der Waals surface area contributed by atoms with Crippen molar-refractivity contribution < 1.29 is 24.0 Å². The van der Waals surface area contributed by atoms with Crippen molar-refractivity contribution in [1.82, 2.24) is 5.43 Å². The number of nitro groups is 1. The van der Waals surface area contributed by atoms with Gasteiger partial charge in [0.2, 0.25) is 0 Å². The Morgan fingerprint density at radius 1 is 0.974 bits per heavy atom. The van der Waals surface area contributed by atoms with Crippen LogP contribution in [0.1, 0.15) is 22.8 Å². The number of hydrogen-bond acceptors (Lipinski definition) is 8. The monoisotopic (exact) mass is 512 g/mol. The number of hydrazone groups is 1. The fourth-order valence-corrected chi connectivity index (χ4v) is 3.61. The van der Waals surface area contributed by atoms with E-state index in [2.05, 4.69) is 15.8 Å². The average molecular weight is 513 g/mol. The summed E-state index contributed by atoms with van der Waals surface area (Å²) < 4.78 is 11.0. The number of amides is 1. The zero-order chi connectivity index (χ0) is 26.9. The largest absolute Gasteiger partial charge is 0.490 e. The molecule has 192 valence electrons. The molecule has 10 nitrogen and oxygen atoms in total. The molecule has 4 rings (SSSR count). The molecule has 0 aromatic heterocycles. The Morgan fingerprint density at radius 3 is 2.50 bits per heavy atom. The van der Waals surface area contributed by atoms with E-state index in [4.69, 9.17) is 9.47 Å². The third kappa shape index (κ3) is 6.49. The molecule has 2 N–H and O–H groups in total. The Hall–Kier alpha value is -5.25. The summed E-state index contributed by atoms with van der Waals surface area (Å²) in [6.45, 7) is 2.14. The number of rotatable bonds is 10. The number of hydrogen-bond donors (Lipinski definition) is 2. The van der Waals surface area contributed by atoms with Gasteiger partial charge in [-0.3, -0.25) is 14.9 Å². The lowest BCUT2D eigenvalue weighted by molar-refractivity contribution is -0.384. The first-order valence-electron chi connectivity index (χ1n) is 11.7. The van der Waals surface area contributed by atoms with Gasteiger partial charge in [-0.15, -0.1) is 0 Å². The van der Waals surface area contributed by atoms with Crippen LogP contribution in [-0.4, -0.2) is 36.2 Å². The first kappa shape index (κ1) is 25.8. The first-order valence-corrected chi connectivity index (χ1v) is 11.7. The Balaban J connectivity index is 1.36. The number of anilines is 1. The van der Waals surface area contributed by atoms with E-state index in [-0.39, 0.29) is 29.5 Å². The first-order chi connectivity index (χ1) is 18.4. The molecule has 0 atom stereocenters. The van der Waals surface area contributed by atoms with E-state index in [9.17, 15) is 19.7 Å². The van der Waals surface area contributed by atoms with Crippen LogP contribution in [0.25, 0.3) is 10.8 Å². The molecule has 4 aromatic rings. The van der Waals surface area contributed by atoms with Gasteiger partial charge in [-0.2, -0.15) is 5.10 Å². The van der Waals surface area contributed by atoms with Crippen LogP contribution in [0, 0.1) is 10.1 Å². The van der Waals surface area contributed by atoms with Crippen LogP contribution >= 0.6 is 0 Å². The second kappa shape index (κ2) is 12.1. The Bertz CT molecular complexity index is 1500. The second-order valence-electron chi connectivity index (χ2n) is 8.01. The van der Waals surface area contributed by atoms with Crippen molar-refractivity contribution >= 4 is 40.2 Å². The van der Waals surface area contributed by atoms with Crippen molar-refractivity contribution in [1.29, 1.82) is 0 Å². The lowest BCUT2D eigenvalue weighted by Gasteiger charge is -2.11. The molecule has 0 aliphatic carbocycles. The van der Waals surface area contributed by atoms with Gasteiger partial charge in [-0.1, -0.05) is 36.4 Å². The third-order valence-corrected chi connectivity index (χ3v) is 5.42. The number of carbonyl (C=O) groups is 2. The molecule has 0 aliphatic rings. The van der Waals surface area contributed by atoms with Gasteiger partial charge in [0, 0.05) is 23.2 Å². The van der Waals surface area contributed by atoms with Crippen LogP contribution in [0.15, 0.2) is 90.0 Å². The highest BCUT2D eigenvalue weighted by Gasteiger charge is 2.15. The predicted octanol–water partition coefficient (Wildman–Crippen LogP) is 4.93. The van der Waals surface area contributed by atoms with Crippen molar-refractivity contribution in [2.24, 2.45) is 5.10 Å². The number of ether oxygens (including phenoxy) is 2. The zero-order valence-electron chi connectivity index (χ0n) is 20.4. The molecule has 0 aliphatic heterocycles. The van der Waals surface area contributed by atoms with E-state index < -0.39 is 10.9 Å². The molecule has 38 heavy (non-hydrogen) atoms. The third-order valence-electron chi connectivity index (χ3n) is 5.42. The zero-order valence-corrected chi connectivity index (χ0v) is 20.4. The molecule has 0 saturated heterocycles. The quantitative estimate of drug-likeness (QED) is 0.101. The summed E-state index contributed by atoms with van der Waals surface area (Å²) in [4.78, 5) is 35.0. The number of nitro benzene ring substituents is 1. The van der Waals surface area contributed by atoms with Crippen LogP contribution in [0.3, 0.4) is 0 Å². The molecule has 1 amide bonds. The molecule has 0 heterocycles. The minimum atomic E-state index is -0.687. The van der Waals surface area contributed by atoms with Crippen molar-refractivity contribution in [2.75, 3.05) is 18.5 Å². The molecule has 0 saturated carbocycles. The number of fused-ring (bicyclic) bond motifs is 1. The molecule has 0 fully saturated rings. The molecule has 0 bridgehead atoms. The van der Waals surface area contributed by atoms with Crippen LogP contribution in [0.5, 0.6) is 11.5 Å². The highest BCUT2D eigenvalue weighted by molar-refractivity contribution is 5.95. The van der Waals surface area contributed by atoms with Gasteiger partial charge in [-0.05, 0) is 54.3 Å². The van der Waals surface area contributed by atoms with Gasteiger partial charge < -0.3 is 14.8 Å². The number of benzene rings is 4. The minimum absolute atomic E-state index is 0.0348. The second-order valence-corrected chi connectivity index (χ2v) is 8.01. The van der Waals surface area contributed by atoms with Crippen LogP contribution in [-0.2, 0) is 4.79 Å². The minimum Gasteiger partial charge on any atom is -0.490 e. The lowest BCUT2D eigenvalue weighted by atomic mass is 10.1. The van der Waals surface area contributed by atoms with Crippen LogP contribution in [0.4, 0.5) is 11.4 Å². The van der Waals surface area contributed by atoms with E-state index in [1.165, 1.54) is 30.5 Å². The van der Waals surface area contributed by atoms with Crippen molar-refractivity contribution in [3.05, 3.63) is 106 Å². The van der Waals surface area contributed by atoms with Gasteiger partial charge in [0.05, 0.1) is 29.9 Å². The SMILES string of the molecule is CCOc1cc(/C=N\NC(=O)CNc2cccc3ccccc23)ccc1OC(=O)c1ccc([N+](=O)[O-])cc1. The van der Waals surface area contributed by atoms with E-state index in [0.29, 0.717) is 17.9 Å². The number of carbonyl (C=O) groups excluding carboxylic acids is 2. The van der Waals surface area contributed by atoms with Crippen molar-refractivity contribution in [2.45, 2.75) is 6.92 Å². The van der Waals surface area contributed by atoms with E-state index in [1.54, 1.807) is 25.1 Å². The highest BCUT2D eigenvalue weighted by Crippen LogP contribution is 2.29. The Kier molecular flexibility index (Phi) is 8.25. The van der Waals surface area contributed by atoms with Gasteiger partial charge in [0.15, 0.2) is 11.5 Å². The van der Waals surface area contributed by atoms with Crippen LogP contribution < -0.4 is 20.2 Å². The molecule has 0 radical (unpaired) electrons. The molecule has 10 heteroatoms. The van der Waals surface area contributed by atoms with E-state index in [0.717, 1.165) is 16.5 Å². The van der Waals surface area contributed by atoms with E-state index >= 15 is 0 Å². The van der Waals surface area contributed by atoms with Crippen LogP contribution in [0.2, 0.25) is 0 Å². The van der Waals surface area contributed by atoms with Crippen molar-refractivity contribution in [3.63, 3.8) is 0 Å². The lowest BCUT2D eigenvalue weighted by Crippen LogP contribution is -2.25.